The highest BCUT2D eigenvalue weighted by atomic mass is 35.5. The van der Waals surface area contributed by atoms with Crippen LogP contribution in [0.2, 0.25) is 5.02 Å². The lowest BCUT2D eigenvalue weighted by Gasteiger charge is -2.29. The van der Waals surface area contributed by atoms with Crippen molar-refractivity contribution < 1.29 is 13.6 Å². The summed E-state index contributed by atoms with van der Waals surface area (Å²) in [5.41, 5.74) is 3.07. The zero-order valence-electron chi connectivity index (χ0n) is 21.8. The number of hydrogen-bond donors (Lipinski definition) is 2. The number of carbonyl (C=O) groups excluding carboxylic acids is 1. The minimum Gasteiger partial charge on any atom is -0.422 e. The van der Waals surface area contributed by atoms with Gasteiger partial charge in [0.05, 0.1) is 5.02 Å². The van der Waals surface area contributed by atoms with Crippen LogP contribution in [0.25, 0.3) is 11.1 Å². The van der Waals surface area contributed by atoms with Crippen LogP contribution in [-0.4, -0.2) is 36.1 Å². The molecule has 2 heterocycles. The van der Waals surface area contributed by atoms with Gasteiger partial charge in [-0.1, -0.05) is 63.6 Å². The van der Waals surface area contributed by atoms with Gasteiger partial charge in [0.2, 0.25) is 5.91 Å². The van der Waals surface area contributed by atoms with Crippen molar-refractivity contribution in [3.8, 4) is 0 Å². The fourth-order valence-corrected chi connectivity index (χ4v) is 6.18. The molecule has 1 aliphatic carbocycles. The third-order valence-electron chi connectivity index (χ3n) is 7.77. The van der Waals surface area contributed by atoms with E-state index in [4.69, 9.17) is 16.0 Å². The quantitative estimate of drug-likeness (QED) is 0.343. The van der Waals surface area contributed by atoms with E-state index in [1.165, 1.54) is 25.3 Å². The maximum Gasteiger partial charge on any atom is 0.296 e. The number of nitrogens with zero attached hydrogens (tertiary/aromatic N) is 2. The largest absolute Gasteiger partial charge is 0.422 e. The van der Waals surface area contributed by atoms with Crippen LogP contribution in [0.3, 0.4) is 0 Å². The normalized spacial score (nSPS) is 19.0. The van der Waals surface area contributed by atoms with Crippen LogP contribution in [0.1, 0.15) is 64.9 Å². The molecule has 5 rings (SSSR count). The predicted octanol–water partition coefficient (Wildman–Crippen LogP) is 6.67. The first kappa shape index (κ1) is 25.8. The Hall–Kier alpha value is -2.80. The number of benzene rings is 2. The number of hydrogen-bond acceptors (Lipinski definition) is 5. The number of carbonyl (C=O) groups is 1. The van der Waals surface area contributed by atoms with E-state index in [0.717, 1.165) is 37.1 Å². The van der Waals surface area contributed by atoms with Crippen molar-refractivity contribution in [2.75, 3.05) is 23.3 Å². The molecular weight excluding hydrogens is 491 g/mol. The zero-order chi connectivity index (χ0) is 26.2. The smallest absolute Gasteiger partial charge is 0.296 e. The van der Waals surface area contributed by atoms with Gasteiger partial charge < -0.3 is 20.0 Å². The van der Waals surface area contributed by atoms with Crippen LogP contribution < -0.4 is 15.5 Å². The molecule has 1 aromatic heterocycles. The number of anilines is 2. The van der Waals surface area contributed by atoms with E-state index in [1.54, 1.807) is 12.1 Å². The lowest BCUT2D eigenvalue weighted by Crippen LogP contribution is -2.48. The second-order valence-corrected chi connectivity index (χ2v) is 11.8. The molecule has 1 amide bonds. The lowest BCUT2D eigenvalue weighted by atomic mass is 9.84. The molecule has 3 aromatic rings. The van der Waals surface area contributed by atoms with E-state index in [-0.39, 0.29) is 23.2 Å². The van der Waals surface area contributed by atoms with Crippen molar-refractivity contribution in [3.63, 3.8) is 0 Å². The Bertz CT molecular complexity index is 1270. The summed E-state index contributed by atoms with van der Waals surface area (Å²) in [7, 11) is 0. The molecule has 8 heteroatoms. The second-order valence-electron chi connectivity index (χ2n) is 11.4. The first-order valence-corrected chi connectivity index (χ1v) is 13.7. The maximum absolute atomic E-state index is 13.9. The Kier molecular flexibility index (Phi) is 7.35. The van der Waals surface area contributed by atoms with Gasteiger partial charge in [0, 0.05) is 30.2 Å². The Morgan fingerprint density at radius 2 is 2.03 bits per heavy atom. The summed E-state index contributed by atoms with van der Waals surface area (Å²) in [5, 5.41) is 6.99. The first-order valence-electron chi connectivity index (χ1n) is 13.4. The van der Waals surface area contributed by atoms with Crippen LogP contribution in [0.5, 0.6) is 0 Å². The summed E-state index contributed by atoms with van der Waals surface area (Å²) < 4.78 is 19.8. The molecule has 2 unspecified atom stereocenters. The van der Waals surface area contributed by atoms with Gasteiger partial charge in [-0.05, 0) is 55.2 Å². The van der Waals surface area contributed by atoms with Gasteiger partial charge in [-0.15, -0.1) is 0 Å². The minimum atomic E-state index is -0.464. The number of oxazole rings is 1. The summed E-state index contributed by atoms with van der Waals surface area (Å²) in [6.45, 7) is 7.70. The summed E-state index contributed by atoms with van der Waals surface area (Å²) in [5.74, 6) is 0.206. The van der Waals surface area contributed by atoms with Crippen LogP contribution in [-0.2, 0) is 10.2 Å². The molecule has 1 fully saturated rings. The second kappa shape index (κ2) is 10.5. The summed E-state index contributed by atoms with van der Waals surface area (Å²) in [6.07, 6.45) is 6.67. The van der Waals surface area contributed by atoms with Gasteiger partial charge in [0.15, 0.2) is 5.58 Å². The molecule has 0 radical (unpaired) electrons. The van der Waals surface area contributed by atoms with Gasteiger partial charge in [-0.2, -0.15) is 4.98 Å². The van der Waals surface area contributed by atoms with Gasteiger partial charge in [-0.25, -0.2) is 4.39 Å². The van der Waals surface area contributed by atoms with Crippen LogP contribution >= 0.6 is 11.6 Å². The number of nitrogens with one attached hydrogen (secondary N) is 2. The fraction of sp³-hybridized carbons (Fsp3) is 0.517. The molecular formula is C29H36ClFN4O2. The van der Waals surface area contributed by atoms with Crippen molar-refractivity contribution >= 4 is 40.3 Å². The molecule has 6 nitrogen and oxygen atoms in total. The number of fused-ring (bicyclic) bond motifs is 2. The minimum absolute atomic E-state index is 0.0655. The fourth-order valence-electron chi connectivity index (χ4n) is 5.97. The van der Waals surface area contributed by atoms with Crippen molar-refractivity contribution in [2.45, 2.75) is 76.8 Å². The van der Waals surface area contributed by atoms with Crippen molar-refractivity contribution in [3.05, 3.63) is 52.8 Å². The van der Waals surface area contributed by atoms with Crippen molar-refractivity contribution in [1.29, 1.82) is 0 Å². The van der Waals surface area contributed by atoms with Crippen LogP contribution in [0.15, 0.2) is 40.8 Å². The molecule has 2 aliphatic rings. The summed E-state index contributed by atoms with van der Waals surface area (Å²) in [4.78, 5) is 20.3. The average Bonchev–Trinajstić information content (AvgIpc) is 3.37. The molecule has 0 bridgehead atoms. The third kappa shape index (κ3) is 5.71. The molecule has 2 aromatic carbocycles. The Labute approximate surface area is 223 Å². The Morgan fingerprint density at radius 1 is 1.24 bits per heavy atom. The number of halogens is 2. The van der Waals surface area contributed by atoms with Gasteiger partial charge in [0.1, 0.15) is 17.4 Å². The van der Waals surface area contributed by atoms with Gasteiger partial charge >= 0.3 is 0 Å². The molecule has 198 valence electrons. The highest BCUT2D eigenvalue weighted by Gasteiger charge is 2.36. The number of amides is 1. The molecule has 0 spiro atoms. The van der Waals surface area contributed by atoms with Gasteiger partial charge in [-0.3, -0.25) is 4.79 Å². The van der Waals surface area contributed by atoms with E-state index in [0.29, 0.717) is 34.6 Å². The lowest BCUT2D eigenvalue weighted by molar-refractivity contribution is -0.122. The zero-order valence-corrected chi connectivity index (χ0v) is 22.6. The molecule has 1 saturated carbocycles. The highest BCUT2D eigenvalue weighted by molar-refractivity contribution is 6.34. The standard InChI is InChI=1S/C29H36ClFN4O2/c1-18(16-35-17-29(2,3)21-15-20(31)12-13-25(21)35)32-27(36)24(14-19-8-5-4-6-9-19)34-28-33-23-11-7-10-22(30)26(23)37-28/h7,10-13,15,18-19,24H,4-6,8-9,14,16-17H2,1-3H3,(H,32,36)(H,33,34). The van der Waals surface area contributed by atoms with Crippen LogP contribution in [0, 0.1) is 11.7 Å². The number of aromatic nitrogens is 1. The summed E-state index contributed by atoms with van der Waals surface area (Å²) >= 11 is 6.27. The van der Waals surface area contributed by atoms with E-state index in [9.17, 15) is 9.18 Å². The molecule has 1 aliphatic heterocycles. The SMILES string of the molecule is CC(CN1CC(C)(C)c2cc(F)ccc21)NC(=O)C(CC1CCCCC1)Nc1nc2cccc(Cl)c2o1. The van der Waals surface area contributed by atoms with Crippen LogP contribution in [0.4, 0.5) is 16.1 Å². The first-order chi connectivity index (χ1) is 17.7. The van der Waals surface area contributed by atoms with E-state index in [2.05, 4.69) is 34.4 Å². The van der Waals surface area contributed by atoms with Crippen molar-refractivity contribution in [2.24, 2.45) is 5.92 Å². The number of para-hydroxylation sites is 1. The molecule has 2 N–H and O–H groups in total. The van der Waals surface area contributed by atoms with E-state index >= 15 is 0 Å². The number of rotatable bonds is 8. The van der Waals surface area contributed by atoms with E-state index < -0.39 is 6.04 Å². The predicted molar refractivity (Wildman–Crippen MR) is 147 cm³/mol. The Morgan fingerprint density at radius 3 is 2.78 bits per heavy atom. The molecule has 0 saturated heterocycles. The average molecular weight is 527 g/mol. The molecule has 2 atom stereocenters. The summed E-state index contributed by atoms with van der Waals surface area (Å²) in [6, 6.07) is 10.2. The topological polar surface area (TPSA) is 70.4 Å². The maximum atomic E-state index is 13.9. The van der Waals surface area contributed by atoms with E-state index in [1.807, 2.05) is 25.1 Å². The monoisotopic (exact) mass is 526 g/mol. The highest BCUT2D eigenvalue weighted by Crippen LogP contribution is 2.40. The van der Waals surface area contributed by atoms with Gasteiger partial charge in [0.25, 0.3) is 6.01 Å². The third-order valence-corrected chi connectivity index (χ3v) is 8.07. The Balaban J connectivity index is 1.29. The molecule has 37 heavy (non-hydrogen) atoms. The van der Waals surface area contributed by atoms with Crippen molar-refractivity contribution in [1.82, 2.24) is 10.3 Å².